The van der Waals surface area contributed by atoms with Gasteiger partial charge in [-0.2, -0.15) is 0 Å². The Kier molecular flexibility index (Phi) is 4.20. The molecule has 0 unspecified atom stereocenters. The summed E-state index contributed by atoms with van der Waals surface area (Å²) in [5.74, 6) is 0.558. The smallest absolute Gasteiger partial charge is 0.210 e. The van der Waals surface area contributed by atoms with Crippen molar-refractivity contribution in [2.24, 2.45) is 0 Å². The van der Waals surface area contributed by atoms with Gasteiger partial charge in [0.1, 0.15) is 5.75 Å². The SMILES string of the molecule is O=C(COc1cccc(Cl)c1)c1ccc(Br)s1. The lowest BCUT2D eigenvalue weighted by Crippen LogP contribution is -2.09. The van der Waals surface area contributed by atoms with Gasteiger partial charge in [0.25, 0.3) is 0 Å². The van der Waals surface area contributed by atoms with Crippen molar-refractivity contribution >= 4 is 44.7 Å². The zero-order valence-corrected chi connectivity index (χ0v) is 11.8. The molecule has 2 rings (SSSR count). The molecular formula is C12H8BrClO2S. The van der Waals surface area contributed by atoms with Crippen LogP contribution in [0, 0.1) is 0 Å². The molecule has 0 saturated heterocycles. The molecule has 1 aromatic heterocycles. The van der Waals surface area contributed by atoms with Crippen LogP contribution in [0.5, 0.6) is 5.75 Å². The van der Waals surface area contributed by atoms with E-state index in [4.69, 9.17) is 16.3 Å². The van der Waals surface area contributed by atoms with E-state index in [0.29, 0.717) is 15.6 Å². The maximum absolute atomic E-state index is 11.7. The molecule has 0 aliphatic carbocycles. The van der Waals surface area contributed by atoms with E-state index in [1.807, 2.05) is 6.07 Å². The fraction of sp³-hybridized carbons (Fsp3) is 0.0833. The summed E-state index contributed by atoms with van der Waals surface area (Å²) in [5.41, 5.74) is 0. The molecule has 88 valence electrons. The average molecular weight is 332 g/mol. The van der Waals surface area contributed by atoms with E-state index >= 15 is 0 Å². The van der Waals surface area contributed by atoms with E-state index in [2.05, 4.69) is 15.9 Å². The average Bonchev–Trinajstić information content (AvgIpc) is 2.73. The maximum atomic E-state index is 11.7. The van der Waals surface area contributed by atoms with Crippen molar-refractivity contribution in [3.05, 3.63) is 50.1 Å². The van der Waals surface area contributed by atoms with Gasteiger partial charge in [-0.05, 0) is 46.3 Å². The molecule has 0 atom stereocenters. The monoisotopic (exact) mass is 330 g/mol. The highest BCUT2D eigenvalue weighted by atomic mass is 79.9. The Bertz CT molecular complexity index is 539. The number of rotatable bonds is 4. The van der Waals surface area contributed by atoms with E-state index in [-0.39, 0.29) is 12.4 Å². The van der Waals surface area contributed by atoms with Gasteiger partial charge < -0.3 is 4.74 Å². The van der Waals surface area contributed by atoms with Crippen molar-refractivity contribution in [3.63, 3.8) is 0 Å². The van der Waals surface area contributed by atoms with Gasteiger partial charge in [-0.3, -0.25) is 4.79 Å². The Morgan fingerprint density at radius 3 is 2.82 bits per heavy atom. The van der Waals surface area contributed by atoms with Crippen LogP contribution in [0.1, 0.15) is 9.67 Å². The van der Waals surface area contributed by atoms with E-state index in [1.165, 1.54) is 11.3 Å². The first kappa shape index (κ1) is 12.6. The summed E-state index contributed by atoms with van der Waals surface area (Å²) in [6, 6.07) is 10.6. The Labute approximate surface area is 116 Å². The summed E-state index contributed by atoms with van der Waals surface area (Å²) >= 11 is 10.5. The first-order valence-electron chi connectivity index (χ1n) is 4.82. The topological polar surface area (TPSA) is 26.3 Å². The number of halogens is 2. The van der Waals surface area contributed by atoms with E-state index in [0.717, 1.165) is 3.79 Å². The second kappa shape index (κ2) is 5.67. The molecule has 0 N–H and O–H groups in total. The highest BCUT2D eigenvalue weighted by Crippen LogP contribution is 2.23. The van der Waals surface area contributed by atoms with Crippen LogP contribution in [0.4, 0.5) is 0 Å². The van der Waals surface area contributed by atoms with Crippen LogP contribution < -0.4 is 4.74 Å². The van der Waals surface area contributed by atoms with Crippen LogP contribution in [0.3, 0.4) is 0 Å². The third-order valence-corrected chi connectivity index (χ3v) is 3.91. The van der Waals surface area contributed by atoms with Crippen LogP contribution in [0.25, 0.3) is 0 Å². The van der Waals surface area contributed by atoms with Crippen LogP contribution in [-0.2, 0) is 0 Å². The Morgan fingerprint density at radius 2 is 2.18 bits per heavy atom. The van der Waals surface area contributed by atoms with E-state index in [9.17, 15) is 4.79 Å². The van der Waals surface area contributed by atoms with E-state index < -0.39 is 0 Å². The van der Waals surface area contributed by atoms with Gasteiger partial charge in [0.15, 0.2) is 6.61 Å². The summed E-state index contributed by atoms with van der Waals surface area (Å²) in [4.78, 5) is 12.4. The molecule has 0 bridgehead atoms. The molecule has 2 aromatic rings. The lowest BCUT2D eigenvalue weighted by Gasteiger charge is -2.04. The molecule has 5 heteroatoms. The largest absolute Gasteiger partial charge is 0.485 e. The Hall–Kier alpha value is -0.840. The molecule has 1 heterocycles. The van der Waals surface area contributed by atoms with Crippen molar-refractivity contribution in [2.45, 2.75) is 0 Å². The predicted octanol–water partition coefficient (Wildman–Crippen LogP) is 4.43. The number of hydrogen-bond donors (Lipinski definition) is 0. The van der Waals surface area contributed by atoms with Gasteiger partial charge in [-0.1, -0.05) is 17.7 Å². The summed E-state index contributed by atoms with van der Waals surface area (Å²) < 4.78 is 6.30. The van der Waals surface area contributed by atoms with Gasteiger partial charge in [0, 0.05) is 5.02 Å². The van der Waals surface area contributed by atoms with Gasteiger partial charge in [0.2, 0.25) is 5.78 Å². The molecular weight excluding hydrogens is 324 g/mol. The quantitative estimate of drug-likeness (QED) is 0.775. The van der Waals surface area contributed by atoms with Gasteiger partial charge in [0.05, 0.1) is 8.66 Å². The number of thiophene rings is 1. The summed E-state index contributed by atoms with van der Waals surface area (Å²) in [5, 5.41) is 0.591. The standard InChI is InChI=1S/C12H8BrClO2S/c13-12-5-4-11(17-12)10(15)7-16-9-3-1-2-8(14)6-9/h1-6H,7H2. The van der Waals surface area contributed by atoms with Crippen molar-refractivity contribution in [3.8, 4) is 5.75 Å². The van der Waals surface area contributed by atoms with Crippen LogP contribution in [-0.4, -0.2) is 12.4 Å². The third-order valence-electron chi connectivity index (χ3n) is 2.01. The maximum Gasteiger partial charge on any atom is 0.210 e. The number of hydrogen-bond acceptors (Lipinski definition) is 3. The highest BCUT2D eigenvalue weighted by Gasteiger charge is 2.09. The minimum atomic E-state index is -0.0410. The third kappa shape index (κ3) is 3.56. The molecule has 0 aliphatic heterocycles. The molecule has 0 saturated carbocycles. The first-order valence-corrected chi connectivity index (χ1v) is 6.81. The second-order valence-corrected chi connectivity index (χ2v) is 6.17. The normalized spacial score (nSPS) is 10.2. The number of carbonyl (C=O) groups excluding carboxylic acids is 1. The van der Waals surface area contributed by atoms with Crippen molar-refractivity contribution < 1.29 is 9.53 Å². The fourth-order valence-electron chi connectivity index (χ4n) is 1.24. The molecule has 2 nitrogen and oxygen atoms in total. The number of ketones is 1. The van der Waals surface area contributed by atoms with E-state index in [1.54, 1.807) is 30.3 Å². The molecule has 0 radical (unpaired) electrons. The molecule has 0 amide bonds. The highest BCUT2D eigenvalue weighted by molar-refractivity contribution is 9.11. The van der Waals surface area contributed by atoms with Crippen LogP contribution >= 0.6 is 38.9 Å². The molecule has 0 spiro atoms. The van der Waals surface area contributed by atoms with Gasteiger partial charge in [-0.15, -0.1) is 11.3 Å². The number of ether oxygens (including phenoxy) is 1. The lowest BCUT2D eigenvalue weighted by atomic mass is 10.3. The fourth-order valence-corrected chi connectivity index (χ4v) is 2.73. The van der Waals surface area contributed by atoms with Gasteiger partial charge >= 0.3 is 0 Å². The zero-order valence-electron chi connectivity index (χ0n) is 8.65. The van der Waals surface area contributed by atoms with Crippen LogP contribution in [0.15, 0.2) is 40.2 Å². The molecule has 17 heavy (non-hydrogen) atoms. The zero-order chi connectivity index (χ0) is 12.3. The van der Waals surface area contributed by atoms with Crippen molar-refractivity contribution in [1.82, 2.24) is 0 Å². The molecule has 1 aromatic carbocycles. The van der Waals surface area contributed by atoms with Crippen molar-refractivity contribution in [1.29, 1.82) is 0 Å². The minimum absolute atomic E-state index is 0.0211. The first-order chi connectivity index (χ1) is 8.15. The van der Waals surface area contributed by atoms with Gasteiger partial charge in [-0.25, -0.2) is 0 Å². The Balaban J connectivity index is 1.97. The summed E-state index contributed by atoms with van der Waals surface area (Å²) in [6.45, 7) is 0.0211. The summed E-state index contributed by atoms with van der Waals surface area (Å²) in [7, 11) is 0. The van der Waals surface area contributed by atoms with Crippen LogP contribution in [0.2, 0.25) is 5.02 Å². The number of Topliss-reactive ketones (excluding diaryl/α,β-unsaturated/α-hetero) is 1. The van der Waals surface area contributed by atoms with Crippen molar-refractivity contribution in [2.75, 3.05) is 6.61 Å². The molecule has 0 fully saturated rings. The Morgan fingerprint density at radius 1 is 1.35 bits per heavy atom. The number of carbonyl (C=O) groups is 1. The minimum Gasteiger partial charge on any atom is -0.485 e. The summed E-state index contributed by atoms with van der Waals surface area (Å²) in [6.07, 6.45) is 0. The molecule has 0 aliphatic rings. The second-order valence-electron chi connectivity index (χ2n) is 3.27. The lowest BCUT2D eigenvalue weighted by molar-refractivity contribution is 0.0925. The number of benzene rings is 1. The predicted molar refractivity (Wildman–Crippen MR) is 73.3 cm³/mol.